The maximum atomic E-state index is 12.8. The molecule has 14 nitrogen and oxygen atoms in total. The largest absolute Gasteiger partial charge is 0.461 e. The molecule has 5 atom stereocenters. The van der Waals surface area contributed by atoms with Gasteiger partial charge >= 0.3 is 5.97 Å². The van der Waals surface area contributed by atoms with E-state index in [4.69, 9.17) is 32.5 Å². The van der Waals surface area contributed by atoms with Gasteiger partial charge in [0.2, 0.25) is 12.0 Å². The summed E-state index contributed by atoms with van der Waals surface area (Å²) in [4.78, 5) is 65.7. The van der Waals surface area contributed by atoms with E-state index in [2.05, 4.69) is 16.9 Å². The van der Waals surface area contributed by atoms with Gasteiger partial charge in [-0.15, -0.1) is 0 Å². The van der Waals surface area contributed by atoms with E-state index in [0.717, 1.165) is 19.3 Å². The molecule has 2 heterocycles. The Bertz CT molecular complexity index is 1170. The summed E-state index contributed by atoms with van der Waals surface area (Å²) in [5.74, 6) is -0.399. The number of hydrogen-bond acceptors (Lipinski definition) is 14. The molecule has 0 aliphatic rings. The van der Waals surface area contributed by atoms with Crippen LogP contribution in [0.3, 0.4) is 0 Å². The molecule has 2 aromatic rings. The van der Waals surface area contributed by atoms with Gasteiger partial charge in [-0.05, 0) is 13.3 Å². The van der Waals surface area contributed by atoms with Crippen molar-refractivity contribution in [2.75, 3.05) is 0 Å². The number of oxazole rings is 2. The molecular weight excluding hydrogens is 640 g/mol. The van der Waals surface area contributed by atoms with Crippen LogP contribution in [-0.2, 0) is 47.7 Å². The van der Waals surface area contributed by atoms with Gasteiger partial charge in [-0.25, -0.2) is 9.97 Å². The minimum Gasteiger partial charge on any atom is -0.461 e. The van der Waals surface area contributed by atoms with Gasteiger partial charge < -0.3 is 32.5 Å². The van der Waals surface area contributed by atoms with Crippen LogP contribution in [-0.4, -0.2) is 60.1 Å². The second-order valence-corrected chi connectivity index (χ2v) is 11.9. The Kier molecular flexibility index (Phi) is 21.5. The van der Waals surface area contributed by atoms with Crippen molar-refractivity contribution in [2.24, 2.45) is 0 Å². The lowest BCUT2D eigenvalue weighted by atomic mass is 10.0. The molecule has 0 N–H and O–H groups in total. The summed E-state index contributed by atoms with van der Waals surface area (Å²) in [7, 11) is 0. The van der Waals surface area contributed by atoms with Crippen molar-refractivity contribution < 1.29 is 56.5 Å². The predicted octanol–water partition coefficient (Wildman–Crippen LogP) is 6.81. The molecule has 0 amide bonds. The maximum absolute atomic E-state index is 12.8. The van der Waals surface area contributed by atoms with Gasteiger partial charge in [0.05, 0.1) is 6.20 Å². The van der Waals surface area contributed by atoms with E-state index in [0.29, 0.717) is 6.42 Å². The topological polar surface area (TPSA) is 184 Å². The van der Waals surface area contributed by atoms with E-state index >= 15 is 0 Å². The van der Waals surface area contributed by atoms with Gasteiger partial charge in [0.15, 0.2) is 24.4 Å². The standard InChI is InChI=1S/C35H52N2O12/c1-3-4-5-6-7-8-9-10-11-12-13-14-15-16-17-18-32(42)49-34(31-20-36-22-44-31)35-37-28(21-43-35)29(46-24-39)19-30(47-25-40)33(48-26-41)27(2)45-23-38/h20-27,29-30,33-34H,3-19H2,1-2H3. The highest BCUT2D eigenvalue weighted by atomic mass is 16.6. The van der Waals surface area contributed by atoms with Crippen molar-refractivity contribution in [1.29, 1.82) is 0 Å². The van der Waals surface area contributed by atoms with E-state index in [1.54, 1.807) is 0 Å². The van der Waals surface area contributed by atoms with Crippen LogP contribution in [0.2, 0.25) is 0 Å². The Morgan fingerprint density at radius 1 is 0.755 bits per heavy atom. The highest BCUT2D eigenvalue weighted by molar-refractivity contribution is 5.69. The fourth-order valence-corrected chi connectivity index (χ4v) is 5.58. The SMILES string of the molecule is CCCCCCCCCCCCCCCCCC(=O)OC(c1cnco1)c1nc(C(CC(OC=O)C(OC=O)C(C)OC=O)OC=O)co1. The van der Waals surface area contributed by atoms with Crippen molar-refractivity contribution in [3.05, 3.63) is 36.2 Å². The highest BCUT2D eigenvalue weighted by Crippen LogP contribution is 2.31. The summed E-state index contributed by atoms with van der Waals surface area (Å²) in [5, 5.41) is 0. The molecule has 0 aliphatic carbocycles. The number of unbranched alkanes of at least 4 members (excludes halogenated alkanes) is 14. The Hall–Kier alpha value is -4.23. The summed E-state index contributed by atoms with van der Waals surface area (Å²) in [6.07, 6.45) is 16.0. The van der Waals surface area contributed by atoms with Crippen molar-refractivity contribution in [3.63, 3.8) is 0 Å². The molecule has 274 valence electrons. The Labute approximate surface area is 287 Å². The molecule has 0 aliphatic heterocycles. The summed E-state index contributed by atoms with van der Waals surface area (Å²) >= 11 is 0. The lowest BCUT2D eigenvalue weighted by molar-refractivity contribution is -0.170. The van der Waals surface area contributed by atoms with Gasteiger partial charge in [-0.2, -0.15) is 0 Å². The monoisotopic (exact) mass is 692 g/mol. The van der Waals surface area contributed by atoms with Crippen LogP contribution >= 0.6 is 0 Å². The number of carbonyl (C=O) groups excluding carboxylic acids is 5. The Morgan fingerprint density at radius 3 is 1.86 bits per heavy atom. The zero-order valence-corrected chi connectivity index (χ0v) is 28.7. The van der Waals surface area contributed by atoms with E-state index in [9.17, 15) is 24.0 Å². The minimum atomic E-state index is -1.24. The van der Waals surface area contributed by atoms with E-state index < -0.39 is 36.5 Å². The lowest BCUT2D eigenvalue weighted by Crippen LogP contribution is -2.42. The number of hydrogen-bond donors (Lipinski definition) is 0. The summed E-state index contributed by atoms with van der Waals surface area (Å²) in [5.41, 5.74) is 0.0679. The lowest BCUT2D eigenvalue weighted by Gasteiger charge is -2.29. The van der Waals surface area contributed by atoms with E-state index in [-0.39, 0.29) is 56.1 Å². The van der Waals surface area contributed by atoms with Crippen LogP contribution in [0.1, 0.15) is 153 Å². The molecule has 49 heavy (non-hydrogen) atoms. The summed E-state index contributed by atoms with van der Waals surface area (Å²) in [6, 6.07) is 0. The second-order valence-electron chi connectivity index (χ2n) is 11.9. The normalized spacial score (nSPS) is 14.1. The summed E-state index contributed by atoms with van der Waals surface area (Å²) in [6.45, 7) is 4.19. The van der Waals surface area contributed by atoms with Crippen LogP contribution in [0.25, 0.3) is 0 Å². The number of ether oxygens (including phenoxy) is 5. The van der Waals surface area contributed by atoms with Crippen LogP contribution in [0.5, 0.6) is 0 Å². The van der Waals surface area contributed by atoms with Crippen molar-refractivity contribution in [1.82, 2.24) is 9.97 Å². The number of nitrogens with zero attached hydrogens (tertiary/aromatic N) is 2. The van der Waals surface area contributed by atoms with Crippen LogP contribution < -0.4 is 0 Å². The third-order valence-corrected chi connectivity index (χ3v) is 8.25. The second kappa shape index (κ2) is 25.7. The first-order valence-corrected chi connectivity index (χ1v) is 17.4. The molecule has 0 saturated carbocycles. The first-order chi connectivity index (χ1) is 24.0. The van der Waals surface area contributed by atoms with Crippen LogP contribution in [0, 0.1) is 0 Å². The molecular formula is C35H52N2O12. The molecule has 0 spiro atoms. The zero-order chi connectivity index (χ0) is 35.5. The number of aromatic nitrogens is 2. The first kappa shape index (κ1) is 40.9. The van der Waals surface area contributed by atoms with Crippen LogP contribution in [0.15, 0.2) is 27.7 Å². The average Bonchev–Trinajstić information content (AvgIpc) is 3.81. The Morgan fingerprint density at radius 2 is 1.33 bits per heavy atom. The molecule has 0 aromatic carbocycles. The molecule has 0 bridgehead atoms. The van der Waals surface area contributed by atoms with E-state index in [1.807, 2.05) is 0 Å². The van der Waals surface area contributed by atoms with Crippen molar-refractivity contribution in [2.45, 2.75) is 154 Å². The summed E-state index contributed by atoms with van der Waals surface area (Å²) < 4.78 is 36.8. The first-order valence-electron chi connectivity index (χ1n) is 17.4. The predicted molar refractivity (Wildman–Crippen MR) is 173 cm³/mol. The van der Waals surface area contributed by atoms with Gasteiger partial charge in [-0.1, -0.05) is 96.8 Å². The fourth-order valence-electron chi connectivity index (χ4n) is 5.58. The smallest absolute Gasteiger partial charge is 0.307 e. The van der Waals surface area contributed by atoms with Gasteiger partial charge in [-0.3, -0.25) is 24.0 Å². The third-order valence-electron chi connectivity index (χ3n) is 8.25. The van der Waals surface area contributed by atoms with Crippen molar-refractivity contribution >= 4 is 31.9 Å². The maximum Gasteiger partial charge on any atom is 0.307 e. The van der Waals surface area contributed by atoms with Gasteiger partial charge in [0.25, 0.3) is 25.9 Å². The Balaban J connectivity index is 1.88. The van der Waals surface area contributed by atoms with Crippen LogP contribution in [0.4, 0.5) is 0 Å². The molecule has 14 heteroatoms. The highest BCUT2D eigenvalue weighted by Gasteiger charge is 2.36. The molecule has 0 radical (unpaired) electrons. The van der Waals surface area contributed by atoms with E-state index in [1.165, 1.54) is 96.4 Å². The zero-order valence-electron chi connectivity index (χ0n) is 28.7. The third kappa shape index (κ3) is 16.1. The average molecular weight is 693 g/mol. The molecule has 2 rings (SSSR count). The van der Waals surface area contributed by atoms with Crippen molar-refractivity contribution in [3.8, 4) is 0 Å². The quantitative estimate of drug-likeness (QED) is 0.0337. The molecule has 0 saturated heterocycles. The number of carbonyl (C=O) groups is 5. The van der Waals surface area contributed by atoms with Gasteiger partial charge in [0.1, 0.15) is 24.2 Å². The molecule has 2 aromatic heterocycles. The fraction of sp³-hybridized carbons (Fsp3) is 0.686. The minimum absolute atomic E-state index is 0.0679. The van der Waals surface area contributed by atoms with Gasteiger partial charge in [0, 0.05) is 12.8 Å². The molecule has 0 fully saturated rings. The molecule has 5 unspecified atom stereocenters. The number of rotatable bonds is 32. The number of esters is 1.